The van der Waals surface area contributed by atoms with Crippen molar-refractivity contribution in [3.63, 3.8) is 0 Å². The molecule has 0 atom stereocenters. The smallest absolute Gasteiger partial charge is 0.312 e. The number of esters is 1. The topological polar surface area (TPSA) is 26.3 Å². The molecular weight excluding hydrogens is 392 g/mol. The maximum atomic E-state index is 13.4. The number of hydrogen-bond acceptors (Lipinski definition) is 2. The molecule has 3 saturated carbocycles. The van der Waals surface area contributed by atoms with Crippen LogP contribution >= 0.6 is 0 Å². The number of hydrogen-bond donors (Lipinski definition) is 0. The van der Waals surface area contributed by atoms with Crippen LogP contribution < -0.4 is 0 Å². The first-order valence-corrected chi connectivity index (χ1v) is 14.7. The molecule has 0 aromatic carbocycles. The summed E-state index contributed by atoms with van der Waals surface area (Å²) in [6, 6.07) is 0. The van der Waals surface area contributed by atoms with Crippen LogP contribution in [0.1, 0.15) is 143 Å². The van der Waals surface area contributed by atoms with Crippen molar-refractivity contribution in [3.8, 4) is 0 Å². The van der Waals surface area contributed by atoms with Gasteiger partial charge in [0, 0.05) is 0 Å². The van der Waals surface area contributed by atoms with E-state index < -0.39 is 0 Å². The number of carbonyl (C=O) groups is 1. The van der Waals surface area contributed by atoms with Crippen LogP contribution in [0.3, 0.4) is 0 Å². The summed E-state index contributed by atoms with van der Waals surface area (Å²) in [6.07, 6.45) is 24.6. The minimum absolute atomic E-state index is 0.162. The van der Waals surface area contributed by atoms with Gasteiger partial charge in [0.2, 0.25) is 0 Å². The molecular formula is C30H54O2. The summed E-state index contributed by atoms with van der Waals surface area (Å²) in [5, 5.41) is 0. The van der Waals surface area contributed by atoms with Crippen molar-refractivity contribution in [2.75, 3.05) is 6.61 Å². The highest BCUT2D eigenvalue weighted by molar-refractivity contribution is 5.77. The van der Waals surface area contributed by atoms with Crippen molar-refractivity contribution in [2.45, 2.75) is 143 Å². The lowest BCUT2D eigenvalue weighted by Gasteiger charge is -2.43. The number of ether oxygens (including phenoxy) is 1. The fraction of sp³-hybridized carbons (Fsp3) is 0.967. The number of unbranched alkanes of at least 4 members (excludes halogenated alkanes) is 2. The van der Waals surface area contributed by atoms with E-state index in [2.05, 4.69) is 20.8 Å². The largest absolute Gasteiger partial charge is 0.465 e. The Bertz CT molecular complexity index is 517. The monoisotopic (exact) mass is 446 g/mol. The molecule has 32 heavy (non-hydrogen) atoms. The van der Waals surface area contributed by atoms with Crippen LogP contribution in [-0.2, 0) is 9.53 Å². The lowest BCUT2D eigenvalue weighted by molar-refractivity contribution is -0.160. The number of rotatable bonds is 11. The standard InChI is InChI=1S/C30H54O2/c1-4-6-7-23-32-29(31)30(20-17-26-13-11-25(8-5-2)12-14-26)21-18-28(19-22-30)27-15-9-24(3)10-16-27/h24-28H,4-23H2,1-3H3/t24?,25-,26-,27?,28?,30?. The van der Waals surface area contributed by atoms with Crippen molar-refractivity contribution >= 4 is 5.97 Å². The molecule has 0 aliphatic heterocycles. The number of carbonyl (C=O) groups excluding carboxylic acids is 1. The highest BCUT2D eigenvalue weighted by Crippen LogP contribution is 2.49. The molecule has 0 spiro atoms. The fourth-order valence-corrected chi connectivity index (χ4v) is 7.35. The Labute approximate surface area is 200 Å². The molecule has 2 heteroatoms. The van der Waals surface area contributed by atoms with Crippen LogP contribution in [0.2, 0.25) is 0 Å². The Kier molecular flexibility index (Phi) is 10.9. The van der Waals surface area contributed by atoms with Gasteiger partial charge in [0.1, 0.15) is 0 Å². The molecule has 0 aromatic heterocycles. The van der Waals surface area contributed by atoms with Crippen LogP contribution in [0.5, 0.6) is 0 Å². The zero-order chi connectivity index (χ0) is 22.8. The van der Waals surface area contributed by atoms with E-state index in [9.17, 15) is 4.79 Å². The molecule has 2 nitrogen and oxygen atoms in total. The second-order valence-electron chi connectivity index (χ2n) is 12.2. The second kappa shape index (κ2) is 13.4. The molecule has 0 unspecified atom stereocenters. The van der Waals surface area contributed by atoms with Gasteiger partial charge in [-0.1, -0.05) is 85.0 Å². The van der Waals surface area contributed by atoms with Gasteiger partial charge in [-0.15, -0.1) is 0 Å². The Hall–Kier alpha value is -0.530. The van der Waals surface area contributed by atoms with Crippen LogP contribution in [0.15, 0.2) is 0 Å². The molecule has 3 aliphatic rings. The molecule has 0 radical (unpaired) electrons. The third-order valence-corrected chi connectivity index (χ3v) is 9.82. The Morgan fingerprint density at radius 1 is 0.750 bits per heavy atom. The van der Waals surface area contributed by atoms with Gasteiger partial charge in [0.05, 0.1) is 12.0 Å². The molecule has 0 bridgehead atoms. The van der Waals surface area contributed by atoms with Gasteiger partial charge < -0.3 is 4.74 Å². The highest BCUT2D eigenvalue weighted by Gasteiger charge is 2.44. The fourth-order valence-electron chi connectivity index (χ4n) is 7.35. The van der Waals surface area contributed by atoms with Gasteiger partial charge in [0.25, 0.3) is 0 Å². The third kappa shape index (κ3) is 7.49. The summed E-state index contributed by atoms with van der Waals surface area (Å²) in [7, 11) is 0. The minimum Gasteiger partial charge on any atom is -0.465 e. The zero-order valence-electron chi connectivity index (χ0n) is 21.8. The summed E-state index contributed by atoms with van der Waals surface area (Å²) in [5.41, 5.74) is -0.162. The first-order valence-electron chi connectivity index (χ1n) is 14.7. The third-order valence-electron chi connectivity index (χ3n) is 9.82. The van der Waals surface area contributed by atoms with E-state index in [1.807, 2.05) is 0 Å². The molecule has 0 saturated heterocycles. The van der Waals surface area contributed by atoms with Crippen LogP contribution in [0.4, 0.5) is 0 Å². The van der Waals surface area contributed by atoms with E-state index in [0.717, 1.165) is 55.3 Å². The van der Waals surface area contributed by atoms with Crippen molar-refractivity contribution in [3.05, 3.63) is 0 Å². The normalized spacial score (nSPS) is 36.0. The zero-order valence-corrected chi connectivity index (χ0v) is 21.8. The average Bonchev–Trinajstić information content (AvgIpc) is 2.82. The molecule has 3 aliphatic carbocycles. The van der Waals surface area contributed by atoms with E-state index >= 15 is 0 Å². The van der Waals surface area contributed by atoms with Gasteiger partial charge in [-0.05, 0) is 87.4 Å². The maximum absolute atomic E-state index is 13.4. The van der Waals surface area contributed by atoms with Crippen molar-refractivity contribution in [1.82, 2.24) is 0 Å². The molecule has 0 aromatic rings. The summed E-state index contributed by atoms with van der Waals surface area (Å²) in [5.74, 6) is 4.72. The Balaban J connectivity index is 1.53. The minimum atomic E-state index is -0.162. The Morgan fingerprint density at radius 3 is 1.94 bits per heavy atom. The van der Waals surface area contributed by atoms with E-state index in [4.69, 9.17) is 4.74 Å². The van der Waals surface area contributed by atoms with E-state index in [1.165, 1.54) is 96.3 Å². The van der Waals surface area contributed by atoms with Gasteiger partial charge in [0.15, 0.2) is 0 Å². The van der Waals surface area contributed by atoms with Gasteiger partial charge in [-0.2, -0.15) is 0 Å². The molecule has 0 amide bonds. The maximum Gasteiger partial charge on any atom is 0.312 e. The molecule has 0 heterocycles. The van der Waals surface area contributed by atoms with E-state index in [-0.39, 0.29) is 11.4 Å². The Morgan fingerprint density at radius 2 is 1.34 bits per heavy atom. The van der Waals surface area contributed by atoms with Gasteiger partial charge >= 0.3 is 5.97 Å². The molecule has 3 rings (SSSR count). The summed E-state index contributed by atoms with van der Waals surface area (Å²) < 4.78 is 5.93. The second-order valence-corrected chi connectivity index (χ2v) is 12.2. The molecule has 3 fully saturated rings. The molecule has 186 valence electrons. The van der Waals surface area contributed by atoms with Gasteiger partial charge in [-0.25, -0.2) is 0 Å². The predicted octanol–water partition coefficient (Wildman–Crippen LogP) is 9.11. The average molecular weight is 447 g/mol. The highest BCUT2D eigenvalue weighted by atomic mass is 16.5. The first kappa shape index (κ1) is 26.1. The summed E-state index contributed by atoms with van der Waals surface area (Å²) in [4.78, 5) is 13.4. The van der Waals surface area contributed by atoms with Crippen molar-refractivity contribution in [1.29, 1.82) is 0 Å². The van der Waals surface area contributed by atoms with Crippen LogP contribution in [-0.4, -0.2) is 12.6 Å². The summed E-state index contributed by atoms with van der Waals surface area (Å²) in [6.45, 7) is 7.60. The van der Waals surface area contributed by atoms with E-state index in [1.54, 1.807) is 0 Å². The first-order chi connectivity index (χ1) is 15.6. The van der Waals surface area contributed by atoms with Crippen LogP contribution in [0, 0.1) is 35.0 Å². The van der Waals surface area contributed by atoms with Crippen LogP contribution in [0.25, 0.3) is 0 Å². The van der Waals surface area contributed by atoms with Crippen molar-refractivity contribution in [2.24, 2.45) is 35.0 Å². The van der Waals surface area contributed by atoms with Gasteiger partial charge in [-0.3, -0.25) is 4.79 Å². The molecule has 0 N–H and O–H groups in total. The lowest BCUT2D eigenvalue weighted by atomic mass is 9.62. The lowest BCUT2D eigenvalue weighted by Crippen LogP contribution is -2.39. The quantitative estimate of drug-likeness (QED) is 0.233. The summed E-state index contributed by atoms with van der Waals surface area (Å²) >= 11 is 0. The SMILES string of the molecule is CCCCCOC(=O)C1(CC[C@H]2CC[C@H](CCC)CC2)CCC(C2CCC(C)CC2)CC1. The van der Waals surface area contributed by atoms with E-state index in [0.29, 0.717) is 6.61 Å². The van der Waals surface area contributed by atoms with Crippen molar-refractivity contribution < 1.29 is 9.53 Å². The predicted molar refractivity (Wildman–Crippen MR) is 136 cm³/mol.